The fraction of sp³-hybridized carbons (Fsp3) is 0.222. The van der Waals surface area contributed by atoms with Crippen LogP contribution >= 0.6 is 0 Å². The molecule has 4 heteroatoms. The molecule has 1 aliphatic heterocycles. The molecule has 0 aliphatic carbocycles. The topological polar surface area (TPSA) is 57.5 Å². The van der Waals surface area contributed by atoms with Gasteiger partial charge < -0.3 is 10.2 Å². The van der Waals surface area contributed by atoms with Crippen molar-refractivity contribution in [3.8, 4) is 11.5 Å². The van der Waals surface area contributed by atoms with E-state index in [0.717, 1.165) is 24.0 Å². The zero-order valence-corrected chi connectivity index (χ0v) is 13.0. The maximum atomic E-state index is 11.9. The van der Waals surface area contributed by atoms with Crippen molar-refractivity contribution in [3.63, 3.8) is 0 Å². The lowest BCUT2D eigenvalue weighted by molar-refractivity contribution is 0.474. The molecule has 0 saturated carbocycles. The monoisotopic (exact) mass is 314 g/mol. The molecule has 0 atom stereocenters. The predicted octanol–water partition coefficient (Wildman–Crippen LogP) is 3.55. The van der Waals surface area contributed by atoms with Crippen LogP contribution in [-0.2, 0) is 10.8 Å². The molecular weight excluding hydrogens is 296 g/mol. The highest BCUT2D eigenvalue weighted by Gasteiger charge is 2.18. The van der Waals surface area contributed by atoms with Crippen LogP contribution in [0.25, 0.3) is 11.1 Å². The molecule has 114 valence electrons. The van der Waals surface area contributed by atoms with Crippen molar-refractivity contribution in [3.05, 3.63) is 59.7 Å². The van der Waals surface area contributed by atoms with Gasteiger partial charge in [-0.15, -0.1) is 0 Å². The summed E-state index contributed by atoms with van der Waals surface area (Å²) in [5, 5.41) is 18.9. The molecule has 3 rings (SSSR count). The summed E-state index contributed by atoms with van der Waals surface area (Å²) in [7, 11) is -0.796. The summed E-state index contributed by atoms with van der Waals surface area (Å²) >= 11 is 0. The van der Waals surface area contributed by atoms with Gasteiger partial charge in [-0.1, -0.05) is 24.3 Å². The summed E-state index contributed by atoms with van der Waals surface area (Å²) in [5.41, 5.74) is 4.47. The summed E-state index contributed by atoms with van der Waals surface area (Å²) in [6.45, 7) is 0. The molecule has 2 aromatic carbocycles. The molecular formula is C18H18O3S. The highest BCUT2D eigenvalue weighted by Crippen LogP contribution is 2.35. The maximum absolute atomic E-state index is 11.9. The van der Waals surface area contributed by atoms with E-state index in [9.17, 15) is 14.4 Å². The van der Waals surface area contributed by atoms with Crippen LogP contribution in [0.15, 0.2) is 48.5 Å². The van der Waals surface area contributed by atoms with Gasteiger partial charge in [0.2, 0.25) is 0 Å². The normalized spacial score (nSPS) is 16.5. The van der Waals surface area contributed by atoms with Crippen LogP contribution in [0.4, 0.5) is 0 Å². The second-order valence-electron chi connectivity index (χ2n) is 5.40. The number of benzene rings is 2. The van der Waals surface area contributed by atoms with Crippen LogP contribution in [-0.4, -0.2) is 25.9 Å². The van der Waals surface area contributed by atoms with E-state index < -0.39 is 10.8 Å². The van der Waals surface area contributed by atoms with Crippen molar-refractivity contribution in [1.82, 2.24) is 0 Å². The van der Waals surface area contributed by atoms with E-state index in [4.69, 9.17) is 0 Å². The molecule has 0 radical (unpaired) electrons. The summed E-state index contributed by atoms with van der Waals surface area (Å²) in [5.74, 6) is 1.82. The van der Waals surface area contributed by atoms with Crippen molar-refractivity contribution in [2.45, 2.75) is 12.8 Å². The van der Waals surface area contributed by atoms with Crippen LogP contribution in [0.5, 0.6) is 11.5 Å². The summed E-state index contributed by atoms with van der Waals surface area (Å²) < 4.78 is 11.9. The van der Waals surface area contributed by atoms with Gasteiger partial charge in [-0.05, 0) is 59.4 Å². The lowest BCUT2D eigenvalue weighted by Crippen LogP contribution is -1.99. The van der Waals surface area contributed by atoms with Gasteiger partial charge in [0.15, 0.2) is 0 Å². The largest absolute Gasteiger partial charge is 0.508 e. The molecule has 0 bridgehead atoms. The second-order valence-corrected chi connectivity index (χ2v) is 7.10. The molecule has 1 aliphatic rings. The number of hydrogen-bond acceptors (Lipinski definition) is 3. The van der Waals surface area contributed by atoms with E-state index >= 15 is 0 Å². The fourth-order valence-electron chi connectivity index (χ4n) is 2.80. The summed E-state index contributed by atoms with van der Waals surface area (Å²) in [4.78, 5) is 0. The third-order valence-electron chi connectivity index (χ3n) is 3.96. The standard InChI is InChI=1S/C18H18O3S/c19-15-5-1-13(2-6-15)17-9-11-22(21)12-10-18(17)14-3-7-16(20)8-4-14/h1-8,19-20H,9-12H2. The average Bonchev–Trinajstić information content (AvgIpc) is 2.71. The van der Waals surface area contributed by atoms with Crippen molar-refractivity contribution in [1.29, 1.82) is 0 Å². The third-order valence-corrected chi connectivity index (χ3v) is 5.27. The van der Waals surface area contributed by atoms with Gasteiger partial charge in [0.05, 0.1) is 0 Å². The number of hydrogen-bond donors (Lipinski definition) is 2. The zero-order valence-electron chi connectivity index (χ0n) is 12.2. The van der Waals surface area contributed by atoms with Gasteiger partial charge in [0, 0.05) is 22.3 Å². The van der Waals surface area contributed by atoms with Crippen LogP contribution in [0.1, 0.15) is 24.0 Å². The minimum absolute atomic E-state index is 0.243. The molecule has 0 fully saturated rings. The number of allylic oxidation sites excluding steroid dienone is 2. The molecule has 1 heterocycles. The van der Waals surface area contributed by atoms with Gasteiger partial charge in [-0.25, -0.2) is 0 Å². The number of phenolic OH excluding ortho intramolecular Hbond substituents is 2. The minimum Gasteiger partial charge on any atom is -0.508 e. The summed E-state index contributed by atoms with van der Waals surface area (Å²) in [6.07, 6.45) is 1.52. The molecule has 2 aromatic rings. The lowest BCUT2D eigenvalue weighted by atomic mass is 9.91. The Morgan fingerprint density at radius 3 is 1.41 bits per heavy atom. The third kappa shape index (κ3) is 3.22. The molecule has 22 heavy (non-hydrogen) atoms. The second kappa shape index (κ2) is 6.36. The SMILES string of the molecule is O=S1CCC(c2ccc(O)cc2)=C(c2ccc(O)cc2)CC1. The predicted molar refractivity (Wildman–Crippen MR) is 90.1 cm³/mol. The first-order valence-corrected chi connectivity index (χ1v) is 8.78. The van der Waals surface area contributed by atoms with E-state index in [1.165, 1.54) is 11.1 Å². The molecule has 2 N–H and O–H groups in total. The highest BCUT2D eigenvalue weighted by atomic mass is 32.2. The Kier molecular flexibility index (Phi) is 4.29. The Balaban J connectivity index is 2.09. The van der Waals surface area contributed by atoms with Crippen LogP contribution in [0.2, 0.25) is 0 Å². The van der Waals surface area contributed by atoms with Crippen LogP contribution in [0, 0.1) is 0 Å². The first kappa shape index (κ1) is 14.9. The van der Waals surface area contributed by atoms with E-state index in [-0.39, 0.29) is 11.5 Å². The minimum atomic E-state index is -0.796. The Labute approximate surface area is 132 Å². The van der Waals surface area contributed by atoms with E-state index in [1.54, 1.807) is 24.3 Å². The van der Waals surface area contributed by atoms with Crippen LogP contribution in [0.3, 0.4) is 0 Å². The quantitative estimate of drug-likeness (QED) is 0.891. The highest BCUT2D eigenvalue weighted by molar-refractivity contribution is 7.85. The Morgan fingerprint density at radius 2 is 1.05 bits per heavy atom. The first-order chi connectivity index (χ1) is 10.6. The van der Waals surface area contributed by atoms with Gasteiger partial charge in [-0.2, -0.15) is 0 Å². The fourth-order valence-corrected chi connectivity index (χ4v) is 3.87. The number of phenols is 2. The molecule has 0 saturated heterocycles. The van der Waals surface area contributed by atoms with Crippen LogP contribution < -0.4 is 0 Å². The van der Waals surface area contributed by atoms with Crippen molar-refractivity contribution in [2.24, 2.45) is 0 Å². The Bertz CT molecular complexity index is 654. The zero-order chi connectivity index (χ0) is 15.5. The average molecular weight is 314 g/mol. The lowest BCUT2D eigenvalue weighted by Gasteiger charge is -2.13. The Hall–Kier alpha value is -2.07. The van der Waals surface area contributed by atoms with Crippen molar-refractivity contribution in [2.75, 3.05) is 11.5 Å². The van der Waals surface area contributed by atoms with Crippen molar-refractivity contribution < 1.29 is 14.4 Å². The molecule has 0 amide bonds. The number of rotatable bonds is 2. The molecule has 3 nitrogen and oxygen atoms in total. The van der Waals surface area contributed by atoms with E-state index in [0.29, 0.717) is 11.5 Å². The van der Waals surface area contributed by atoms with E-state index in [2.05, 4.69) is 0 Å². The van der Waals surface area contributed by atoms with Gasteiger partial charge in [0.1, 0.15) is 11.5 Å². The van der Waals surface area contributed by atoms with E-state index in [1.807, 2.05) is 24.3 Å². The smallest absolute Gasteiger partial charge is 0.115 e. The van der Waals surface area contributed by atoms with Gasteiger partial charge in [0.25, 0.3) is 0 Å². The molecule has 0 spiro atoms. The first-order valence-electron chi connectivity index (χ1n) is 7.29. The molecule has 0 aromatic heterocycles. The van der Waals surface area contributed by atoms with Crippen molar-refractivity contribution >= 4 is 21.9 Å². The Morgan fingerprint density at radius 1 is 0.682 bits per heavy atom. The maximum Gasteiger partial charge on any atom is 0.115 e. The van der Waals surface area contributed by atoms with Gasteiger partial charge >= 0.3 is 0 Å². The number of aromatic hydroxyl groups is 2. The van der Waals surface area contributed by atoms with Gasteiger partial charge in [-0.3, -0.25) is 4.21 Å². The molecule has 0 unspecified atom stereocenters. The summed E-state index contributed by atoms with van der Waals surface area (Å²) in [6, 6.07) is 14.3.